The summed E-state index contributed by atoms with van der Waals surface area (Å²) in [4.78, 5) is 4.43. The van der Waals surface area contributed by atoms with Gasteiger partial charge in [-0.3, -0.25) is 0 Å². The van der Waals surface area contributed by atoms with Gasteiger partial charge in [-0.15, -0.1) is 0 Å². The van der Waals surface area contributed by atoms with E-state index in [1.165, 1.54) is 44.1 Å². The lowest BCUT2D eigenvalue weighted by atomic mass is 9.44. The summed E-state index contributed by atoms with van der Waals surface area (Å²) in [5.41, 5.74) is 1.89. The van der Waals surface area contributed by atoms with Crippen molar-refractivity contribution in [1.29, 1.82) is 0 Å². The van der Waals surface area contributed by atoms with Crippen LogP contribution in [0.25, 0.3) is 10.8 Å². The molecule has 258 valence electrons. The summed E-state index contributed by atoms with van der Waals surface area (Å²) >= 11 is 12.7. The van der Waals surface area contributed by atoms with E-state index in [9.17, 15) is 0 Å². The number of thiocarbonyl (C=S) groups is 1. The molecule has 0 aliphatic heterocycles. The normalized spacial score (nSPS) is 35.0. The topological polar surface area (TPSA) is 43.4 Å². The number of rotatable bonds is 5. The Morgan fingerprint density at radius 2 is 1.69 bits per heavy atom. The van der Waals surface area contributed by atoms with Gasteiger partial charge in [-0.1, -0.05) is 76.6 Å². The van der Waals surface area contributed by atoms with Crippen molar-refractivity contribution in [1.82, 2.24) is 4.98 Å². The molecular formula is C41H55ClN2O2SSi. The van der Waals surface area contributed by atoms with Gasteiger partial charge in [0.2, 0.25) is 0 Å². The van der Waals surface area contributed by atoms with Crippen molar-refractivity contribution in [2.75, 3.05) is 5.32 Å². The molecule has 0 amide bonds. The summed E-state index contributed by atoms with van der Waals surface area (Å²) in [6.07, 6.45) is 13.1. The minimum atomic E-state index is -1.78. The van der Waals surface area contributed by atoms with Crippen LogP contribution in [-0.4, -0.2) is 24.6 Å². The first kappa shape index (κ1) is 34.5. The number of hydrogen-bond donors (Lipinski definition) is 1. The Balaban J connectivity index is 1.19. The highest BCUT2D eigenvalue weighted by atomic mass is 35.5. The van der Waals surface area contributed by atoms with E-state index in [0.29, 0.717) is 33.7 Å². The second-order valence-corrected chi connectivity index (χ2v) is 23.2. The Morgan fingerprint density at radius 1 is 0.938 bits per heavy atom. The summed E-state index contributed by atoms with van der Waals surface area (Å²) < 4.78 is 14.2. The molecule has 4 saturated carbocycles. The number of ether oxygens (including phenoxy) is 1. The van der Waals surface area contributed by atoms with E-state index in [0.717, 1.165) is 47.6 Å². The number of halogens is 1. The minimum Gasteiger partial charge on any atom is -0.459 e. The van der Waals surface area contributed by atoms with Crippen molar-refractivity contribution < 1.29 is 9.16 Å². The summed E-state index contributed by atoms with van der Waals surface area (Å²) in [6, 6.07) is 18.9. The summed E-state index contributed by atoms with van der Waals surface area (Å²) in [5, 5.41) is 6.73. The Kier molecular flexibility index (Phi) is 8.87. The van der Waals surface area contributed by atoms with Gasteiger partial charge in [-0.05, 0) is 152 Å². The van der Waals surface area contributed by atoms with E-state index >= 15 is 0 Å². The van der Waals surface area contributed by atoms with Crippen LogP contribution in [-0.2, 0) is 14.8 Å². The van der Waals surface area contributed by atoms with E-state index in [1.54, 1.807) is 6.20 Å². The van der Waals surface area contributed by atoms with Crippen LogP contribution in [0, 0.1) is 34.5 Å². The first-order valence-electron chi connectivity index (χ1n) is 18.4. The highest BCUT2D eigenvalue weighted by molar-refractivity contribution is 7.80. The molecule has 1 N–H and O–H groups in total. The second-order valence-electron chi connectivity index (χ2n) is 17.7. The molecule has 4 nitrogen and oxygen atoms in total. The first-order chi connectivity index (χ1) is 22.7. The number of para-hydroxylation sites is 1. The third-order valence-corrected chi connectivity index (χ3v) is 19.5. The maximum absolute atomic E-state index is 7.19. The fraction of sp³-hybridized carbons (Fsp3) is 0.610. The molecule has 2 aromatic carbocycles. The molecule has 1 aromatic heterocycles. The first-order valence-corrected chi connectivity index (χ1v) is 22.1. The highest BCUT2D eigenvalue weighted by Gasteiger charge is 2.67. The zero-order valence-corrected chi connectivity index (χ0v) is 32.6. The zero-order valence-electron chi connectivity index (χ0n) is 30.1. The molecule has 3 aromatic rings. The average Bonchev–Trinajstić information content (AvgIpc) is 3.33. The van der Waals surface area contributed by atoms with Crippen LogP contribution >= 0.6 is 23.8 Å². The number of aromatic nitrogens is 1. The third kappa shape index (κ3) is 5.65. The van der Waals surface area contributed by atoms with Gasteiger partial charge in [0.05, 0.1) is 0 Å². The largest absolute Gasteiger partial charge is 0.459 e. The fourth-order valence-corrected chi connectivity index (χ4v) is 12.7. The summed E-state index contributed by atoms with van der Waals surface area (Å²) in [5.74, 6) is 2.79. The van der Waals surface area contributed by atoms with Crippen LogP contribution < -0.4 is 5.32 Å². The number of pyridine rings is 1. The molecular weight excluding hydrogens is 648 g/mol. The van der Waals surface area contributed by atoms with Gasteiger partial charge < -0.3 is 14.5 Å². The lowest BCUT2D eigenvalue weighted by molar-refractivity contribution is -0.155. The number of anilines is 1. The molecule has 0 radical (unpaired) electrons. The molecule has 1 unspecified atom stereocenters. The van der Waals surface area contributed by atoms with E-state index in [-0.39, 0.29) is 10.5 Å². The van der Waals surface area contributed by atoms with Crippen molar-refractivity contribution in [3.05, 3.63) is 71.5 Å². The monoisotopic (exact) mass is 702 g/mol. The molecule has 0 bridgehead atoms. The van der Waals surface area contributed by atoms with Crippen molar-refractivity contribution >= 4 is 53.8 Å². The third-order valence-electron chi connectivity index (χ3n) is 14.5. The number of hydrogen-bond acceptors (Lipinski definition) is 4. The standard InChI is InChI=1S/C41H55ClN2O2SSi/c1-38(2,3)48(6,7)46-31-17-21-39(4)28(25-31)15-16-32-34(39)18-22-40(5)35(32)19-23-41(40,45-37(47)44-30-11-9-8-10-12-30)29-14-13-27-20-24-43-36(42)33(27)26-29/h8-14,20,24,26,28,31-32,34-35H,15-19,21-23,25H2,1-7H3,(H,44,47)/t28-,31+,32+,34-,35-,39-,40-,41?/m0/s1. The predicted molar refractivity (Wildman–Crippen MR) is 206 cm³/mol. The van der Waals surface area contributed by atoms with Crippen LogP contribution in [0.1, 0.15) is 98.0 Å². The number of nitrogens with zero attached hydrogens (tertiary/aromatic N) is 1. The maximum Gasteiger partial charge on any atom is 0.262 e. The lowest BCUT2D eigenvalue weighted by Gasteiger charge is -2.62. The molecule has 4 aliphatic carbocycles. The van der Waals surface area contributed by atoms with Crippen molar-refractivity contribution in [2.45, 2.75) is 122 Å². The van der Waals surface area contributed by atoms with Gasteiger partial charge in [-0.25, -0.2) is 4.98 Å². The van der Waals surface area contributed by atoms with Crippen molar-refractivity contribution in [2.24, 2.45) is 34.5 Å². The van der Waals surface area contributed by atoms with Gasteiger partial charge in [0.25, 0.3) is 5.17 Å². The molecule has 0 saturated heterocycles. The van der Waals surface area contributed by atoms with Crippen LogP contribution in [0.15, 0.2) is 60.8 Å². The number of nitrogens with one attached hydrogen (secondary N) is 1. The Hall–Kier alpha value is -1.99. The Morgan fingerprint density at radius 3 is 2.44 bits per heavy atom. The van der Waals surface area contributed by atoms with Crippen LogP contribution in [0.2, 0.25) is 23.3 Å². The van der Waals surface area contributed by atoms with Gasteiger partial charge in [-0.2, -0.15) is 0 Å². The Bertz CT molecular complexity index is 1680. The van der Waals surface area contributed by atoms with E-state index in [2.05, 4.69) is 76.2 Å². The molecule has 8 atom stereocenters. The van der Waals surface area contributed by atoms with E-state index in [1.807, 2.05) is 36.4 Å². The van der Waals surface area contributed by atoms with Crippen LogP contribution in [0.4, 0.5) is 5.69 Å². The highest BCUT2D eigenvalue weighted by Crippen LogP contribution is 2.71. The van der Waals surface area contributed by atoms with Gasteiger partial charge >= 0.3 is 0 Å². The molecule has 4 aliphatic rings. The Labute approximate surface area is 300 Å². The van der Waals surface area contributed by atoms with E-state index < -0.39 is 13.9 Å². The summed E-state index contributed by atoms with van der Waals surface area (Å²) in [6.45, 7) is 17.2. The molecule has 7 heteroatoms. The molecule has 48 heavy (non-hydrogen) atoms. The number of benzene rings is 2. The fourth-order valence-electron chi connectivity index (χ4n) is 10.8. The number of fused-ring (bicyclic) bond motifs is 6. The van der Waals surface area contributed by atoms with Gasteiger partial charge in [0.15, 0.2) is 8.32 Å². The van der Waals surface area contributed by atoms with Gasteiger partial charge in [0.1, 0.15) is 10.8 Å². The summed E-state index contributed by atoms with van der Waals surface area (Å²) in [7, 11) is -1.78. The maximum atomic E-state index is 7.19. The lowest BCUT2D eigenvalue weighted by Crippen LogP contribution is -2.57. The van der Waals surface area contributed by atoms with Crippen LogP contribution in [0.3, 0.4) is 0 Å². The molecule has 0 spiro atoms. The van der Waals surface area contributed by atoms with Crippen molar-refractivity contribution in [3.63, 3.8) is 0 Å². The molecule has 4 fully saturated rings. The SMILES string of the molecule is CC(C)(C)[Si](C)(C)O[C@@H]1CC[C@@]2(C)[C@@H](CC[C@@H]3[C@@H]2CC[C@@]2(C)[C@H]3CCC2(OC(=S)Nc2ccccc2)c2ccc3ccnc(Cl)c3c2)C1. The average molecular weight is 704 g/mol. The van der Waals surface area contributed by atoms with E-state index in [4.69, 9.17) is 33.0 Å². The quantitative estimate of drug-likeness (QED) is 0.163. The molecule has 1 heterocycles. The predicted octanol–water partition coefficient (Wildman–Crippen LogP) is 11.9. The van der Waals surface area contributed by atoms with Crippen molar-refractivity contribution in [3.8, 4) is 0 Å². The van der Waals surface area contributed by atoms with Gasteiger partial charge in [0, 0.05) is 28.8 Å². The zero-order chi connectivity index (χ0) is 34.1. The smallest absolute Gasteiger partial charge is 0.262 e. The minimum absolute atomic E-state index is 0.0647. The molecule has 7 rings (SSSR count). The van der Waals surface area contributed by atoms with Crippen LogP contribution in [0.5, 0.6) is 0 Å². The second kappa shape index (κ2) is 12.4.